The Morgan fingerprint density at radius 1 is 1.41 bits per heavy atom. The minimum Gasteiger partial charge on any atom is -0.346 e. The molecule has 0 radical (unpaired) electrons. The zero-order valence-electron chi connectivity index (χ0n) is 8.78. The van der Waals surface area contributed by atoms with Gasteiger partial charge >= 0.3 is 6.18 Å². The molecule has 0 N–H and O–H groups in total. The summed E-state index contributed by atoms with van der Waals surface area (Å²) in [5.41, 5.74) is 0. The summed E-state index contributed by atoms with van der Waals surface area (Å²) in [4.78, 5) is 12.4. The van der Waals surface area contributed by atoms with E-state index in [0.717, 1.165) is 19.1 Å². The van der Waals surface area contributed by atoms with Crippen LogP contribution in [0.1, 0.15) is 17.8 Å². The van der Waals surface area contributed by atoms with Crippen molar-refractivity contribution in [2.24, 2.45) is 5.92 Å². The summed E-state index contributed by atoms with van der Waals surface area (Å²) in [6.45, 7) is 1.05. The van der Waals surface area contributed by atoms with Crippen molar-refractivity contribution in [3.8, 4) is 0 Å². The van der Waals surface area contributed by atoms with Gasteiger partial charge in [-0.3, -0.25) is 0 Å². The van der Waals surface area contributed by atoms with Crippen molar-refractivity contribution in [3.63, 3.8) is 0 Å². The lowest BCUT2D eigenvalue weighted by Crippen LogP contribution is -2.35. The van der Waals surface area contributed by atoms with Gasteiger partial charge in [0.15, 0.2) is 0 Å². The number of halogens is 3. The smallest absolute Gasteiger partial charge is 0.346 e. The predicted molar refractivity (Wildman–Crippen MR) is 55.9 cm³/mol. The molecule has 0 amide bonds. The molecule has 0 bridgehead atoms. The number of carbonyl (C=O) groups is 1. The van der Waals surface area contributed by atoms with Crippen LogP contribution in [0, 0.1) is 5.92 Å². The SMILES string of the molecule is O=CC1CCCN(c2nnc(C(F)(F)F)s2)C1. The van der Waals surface area contributed by atoms with Crippen LogP contribution in [-0.4, -0.2) is 29.6 Å². The number of nitrogens with zero attached hydrogens (tertiary/aromatic N) is 3. The summed E-state index contributed by atoms with van der Waals surface area (Å²) in [5, 5.41) is 5.96. The third kappa shape index (κ3) is 2.74. The van der Waals surface area contributed by atoms with E-state index in [9.17, 15) is 18.0 Å². The maximum atomic E-state index is 12.3. The lowest BCUT2D eigenvalue weighted by Gasteiger charge is -2.29. The molecule has 2 rings (SSSR count). The van der Waals surface area contributed by atoms with Crippen molar-refractivity contribution in [1.82, 2.24) is 10.2 Å². The van der Waals surface area contributed by atoms with Gasteiger partial charge in [-0.2, -0.15) is 13.2 Å². The number of anilines is 1. The average Bonchev–Trinajstić information content (AvgIpc) is 2.78. The second kappa shape index (κ2) is 4.59. The Bertz CT molecular complexity index is 406. The van der Waals surface area contributed by atoms with Gasteiger partial charge in [-0.1, -0.05) is 11.3 Å². The van der Waals surface area contributed by atoms with Crippen LogP contribution in [0.3, 0.4) is 0 Å². The van der Waals surface area contributed by atoms with Crippen molar-refractivity contribution in [1.29, 1.82) is 0 Å². The molecular formula is C9H10F3N3OS. The Hall–Kier alpha value is -1.18. The minimum atomic E-state index is -4.45. The van der Waals surface area contributed by atoms with E-state index in [1.807, 2.05) is 0 Å². The first-order valence-electron chi connectivity index (χ1n) is 5.11. The van der Waals surface area contributed by atoms with E-state index in [2.05, 4.69) is 10.2 Å². The van der Waals surface area contributed by atoms with Gasteiger partial charge in [0, 0.05) is 19.0 Å². The summed E-state index contributed by atoms with van der Waals surface area (Å²) >= 11 is 0.522. The van der Waals surface area contributed by atoms with Gasteiger partial charge in [-0.25, -0.2) is 0 Å². The van der Waals surface area contributed by atoms with Crippen LogP contribution in [0.4, 0.5) is 18.3 Å². The largest absolute Gasteiger partial charge is 0.445 e. The number of hydrogen-bond acceptors (Lipinski definition) is 5. The zero-order valence-corrected chi connectivity index (χ0v) is 9.59. The Kier molecular flexibility index (Phi) is 3.32. The lowest BCUT2D eigenvalue weighted by atomic mass is 10.0. The topological polar surface area (TPSA) is 46.1 Å². The van der Waals surface area contributed by atoms with E-state index >= 15 is 0 Å². The van der Waals surface area contributed by atoms with Crippen molar-refractivity contribution >= 4 is 22.8 Å². The van der Waals surface area contributed by atoms with Crippen molar-refractivity contribution in [2.75, 3.05) is 18.0 Å². The maximum Gasteiger partial charge on any atom is 0.445 e. The standard InChI is InChI=1S/C9H10F3N3OS/c10-9(11,12)7-13-14-8(17-7)15-3-1-2-6(4-15)5-16/h5-6H,1-4H2. The van der Waals surface area contributed by atoms with Gasteiger partial charge in [0.2, 0.25) is 10.1 Å². The number of rotatable bonds is 2. The molecule has 0 aromatic carbocycles. The lowest BCUT2D eigenvalue weighted by molar-refractivity contribution is -0.138. The second-order valence-electron chi connectivity index (χ2n) is 3.87. The first-order chi connectivity index (χ1) is 8.00. The molecule has 0 saturated carbocycles. The monoisotopic (exact) mass is 265 g/mol. The van der Waals surface area contributed by atoms with E-state index in [1.54, 1.807) is 4.90 Å². The van der Waals surface area contributed by atoms with Gasteiger partial charge in [-0.05, 0) is 12.8 Å². The number of carbonyl (C=O) groups excluding carboxylic acids is 1. The molecule has 1 unspecified atom stereocenters. The quantitative estimate of drug-likeness (QED) is 0.767. The number of aldehydes is 1. The van der Waals surface area contributed by atoms with Crippen LogP contribution in [0.2, 0.25) is 0 Å². The van der Waals surface area contributed by atoms with E-state index in [4.69, 9.17) is 0 Å². The summed E-state index contributed by atoms with van der Waals surface area (Å²) in [5.74, 6) is -0.123. The van der Waals surface area contributed by atoms with Crippen LogP contribution in [-0.2, 0) is 11.0 Å². The highest BCUT2D eigenvalue weighted by atomic mass is 32.1. The zero-order chi connectivity index (χ0) is 12.5. The fourth-order valence-corrected chi connectivity index (χ4v) is 2.50. The fourth-order valence-electron chi connectivity index (χ4n) is 1.75. The van der Waals surface area contributed by atoms with Gasteiger partial charge in [0.1, 0.15) is 6.29 Å². The molecule has 17 heavy (non-hydrogen) atoms. The molecule has 1 aliphatic heterocycles. The van der Waals surface area contributed by atoms with E-state index in [0.29, 0.717) is 24.4 Å². The average molecular weight is 265 g/mol. The molecule has 1 fully saturated rings. The van der Waals surface area contributed by atoms with Gasteiger partial charge in [-0.15, -0.1) is 10.2 Å². The van der Waals surface area contributed by atoms with Crippen molar-refractivity contribution in [2.45, 2.75) is 19.0 Å². The maximum absolute atomic E-state index is 12.3. The molecule has 0 aliphatic carbocycles. The van der Waals surface area contributed by atoms with Crippen LogP contribution in [0.5, 0.6) is 0 Å². The summed E-state index contributed by atoms with van der Waals surface area (Å²) < 4.78 is 37.0. The minimum absolute atomic E-state index is 0.123. The van der Waals surface area contributed by atoms with E-state index in [1.165, 1.54) is 0 Å². The highest BCUT2D eigenvalue weighted by Crippen LogP contribution is 2.35. The summed E-state index contributed by atoms with van der Waals surface area (Å²) in [6, 6.07) is 0. The molecule has 1 aliphatic rings. The number of alkyl halides is 3. The molecule has 1 aromatic heterocycles. The molecule has 94 valence electrons. The highest BCUT2D eigenvalue weighted by molar-refractivity contribution is 7.15. The Morgan fingerprint density at radius 3 is 2.76 bits per heavy atom. The van der Waals surface area contributed by atoms with E-state index < -0.39 is 11.2 Å². The van der Waals surface area contributed by atoms with Gasteiger partial charge < -0.3 is 9.69 Å². The molecule has 1 atom stereocenters. The van der Waals surface area contributed by atoms with Crippen LogP contribution in [0.15, 0.2) is 0 Å². The van der Waals surface area contributed by atoms with Crippen LogP contribution >= 0.6 is 11.3 Å². The third-order valence-electron chi connectivity index (χ3n) is 2.58. The van der Waals surface area contributed by atoms with Crippen LogP contribution < -0.4 is 4.90 Å². The van der Waals surface area contributed by atoms with Crippen molar-refractivity contribution < 1.29 is 18.0 Å². The third-order valence-corrected chi connectivity index (χ3v) is 3.61. The van der Waals surface area contributed by atoms with E-state index in [-0.39, 0.29) is 11.0 Å². The normalized spacial score (nSPS) is 21.6. The Balaban J connectivity index is 2.12. The molecular weight excluding hydrogens is 255 g/mol. The molecule has 1 aromatic rings. The fraction of sp³-hybridized carbons (Fsp3) is 0.667. The Morgan fingerprint density at radius 2 is 2.18 bits per heavy atom. The Labute approximate surface area is 99.4 Å². The number of piperidine rings is 1. The highest BCUT2D eigenvalue weighted by Gasteiger charge is 2.36. The first kappa shape index (κ1) is 12.3. The molecule has 8 heteroatoms. The molecule has 4 nitrogen and oxygen atoms in total. The second-order valence-corrected chi connectivity index (χ2v) is 4.83. The molecule has 1 saturated heterocycles. The van der Waals surface area contributed by atoms with Gasteiger partial charge in [0.25, 0.3) is 0 Å². The summed E-state index contributed by atoms with van der Waals surface area (Å²) in [7, 11) is 0. The number of aromatic nitrogens is 2. The van der Waals surface area contributed by atoms with Gasteiger partial charge in [0.05, 0.1) is 0 Å². The molecule has 2 heterocycles. The van der Waals surface area contributed by atoms with Crippen LogP contribution in [0.25, 0.3) is 0 Å². The first-order valence-corrected chi connectivity index (χ1v) is 5.93. The number of hydrogen-bond donors (Lipinski definition) is 0. The molecule has 0 spiro atoms. The van der Waals surface area contributed by atoms with Crippen molar-refractivity contribution in [3.05, 3.63) is 5.01 Å². The predicted octanol–water partition coefficient (Wildman–Crippen LogP) is 1.97. The summed E-state index contributed by atoms with van der Waals surface area (Å²) in [6.07, 6.45) is -2.04.